The molecule has 0 saturated carbocycles. The molecule has 1 N–H and O–H groups in total. The molecule has 0 saturated heterocycles. The van der Waals surface area contributed by atoms with Gasteiger partial charge in [-0.2, -0.15) is 0 Å². The molecule has 1 aliphatic rings. The number of carbonyl (C=O) groups excluding carboxylic acids is 1. The number of amides is 1. The number of carboxylic acid groups (broad SMARTS) is 1. The monoisotopic (exact) mass is 295 g/mol. The third-order valence-electron chi connectivity index (χ3n) is 3.91. The number of ether oxygens (including phenoxy) is 1. The molecule has 5 nitrogen and oxygen atoms in total. The van der Waals surface area contributed by atoms with Gasteiger partial charge in [0.15, 0.2) is 0 Å². The molecular weight excluding hydrogens is 277 g/mol. The summed E-state index contributed by atoms with van der Waals surface area (Å²) in [5.41, 5.74) is 2.06. The van der Waals surface area contributed by atoms with Gasteiger partial charge >= 0.3 is 5.97 Å². The van der Waals surface area contributed by atoms with E-state index in [0.717, 1.165) is 11.1 Å². The Morgan fingerprint density at radius 1 is 1.43 bits per heavy atom. The lowest BCUT2D eigenvalue weighted by atomic mass is 10.0. The molecule has 0 bridgehead atoms. The zero-order valence-corrected chi connectivity index (χ0v) is 12.3. The van der Waals surface area contributed by atoms with Gasteiger partial charge in [0.2, 0.25) is 5.91 Å². The minimum absolute atomic E-state index is 0.0822. The van der Waals surface area contributed by atoms with E-state index in [4.69, 9.17) is 9.84 Å². The maximum atomic E-state index is 14.0. The van der Waals surface area contributed by atoms with Gasteiger partial charge < -0.3 is 14.7 Å². The normalized spacial score (nSPS) is 14.8. The van der Waals surface area contributed by atoms with Crippen LogP contribution >= 0.6 is 0 Å². The maximum Gasteiger partial charge on any atom is 0.306 e. The van der Waals surface area contributed by atoms with Gasteiger partial charge in [0.1, 0.15) is 11.6 Å². The predicted octanol–water partition coefficient (Wildman–Crippen LogP) is 2.10. The van der Waals surface area contributed by atoms with Crippen molar-refractivity contribution in [1.29, 1.82) is 0 Å². The smallest absolute Gasteiger partial charge is 0.306 e. The molecule has 0 spiro atoms. The van der Waals surface area contributed by atoms with Crippen molar-refractivity contribution in [2.45, 2.75) is 33.4 Å². The second-order valence-corrected chi connectivity index (χ2v) is 5.34. The van der Waals surface area contributed by atoms with Crippen LogP contribution in [0.15, 0.2) is 6.07 Å². The Balaban J connectivity index is 2.20. The third kappa shape index (κ3) is 2.84. The van der Waals surface area contributed by atoms with Crippen molar-refractivity contribution in [3.05, 3.63) is 28.6 Å². The van der Waals surface area contributed by atoms with Crippen molar-refractivity contribution in [2.24, 2.45) is 5.92 Å². The topological polar surface area (TPSA) is 66.8 Å². The van der Waals surface area contributed by atoms with Gasteiger partial charge in [-0.1, -0.05) is 6.92 Å². The van der Waals surface area contributed by atoms with Crippen LogP contribution in [0.2, 0.25) is 0 Å². The van der Waals surface area contributed by atoms with Crippen molar-refractivity contribution in [1.82, 2.24) is 4.90 Å². The molecule has 0 aromatic heterocycles. The van der Waals surface area contributed by atoms with E-state index in [1.807, 2.05) is 6.92 Å². The van der Waals surface area contributed by atoms with Crippen molar-refractivity contribution in [2.75, 3.05) is 7.11 Å². The lowest BCUT2D eigenvalue weighted by Crippen LogP contribution is -2.28. The number of rotatable bonds is 4. The average molecular weight is 295 g/mol. The third-order valence-corrected chi connectivity index (χ3v) is 3.91. The molecule has 114 valence electrons. The SMILES string of the molecule is COc1cc(F)c2c(c1C)CN(C(=O)C[C@H](C)C(=O)O)C2. The fourth-order valence-corrected chi connectivity index (χ4v) is 2.52. The van der Waals surface area contributed by atoms with E-state index >= 15 is 0 Å². The van der Waals surface area contributed by atoms with Gasteiger partial charge in [-0.15, -0.1) is 0 Å². The summed E-state index contributed by atoms with van der Waals surface area (Å²) in [7, 11) is 1.47. The number of methoxy groups -OCH3 is 1. The van der Waals surface area contributed by atoms with Crippen LogP contribution in [0.3, 0.4) is 0 Å². The highest BCUT2D eigenvalue weighted by atomic mass is 19.1. The van der Waals surface area contributed by atoms with Crippen LogP contribution in [0.25, 0.3) is 0 Å². The Kier molecular flexibility index (Phi) is 4.16. The zero-order valence-electron chi connectivity index (χ0n) is 12.3. The largest absolute Gasteiger partial charge is 0.496 e. The summed E-state index contributed by atoms with van der Waals surface area (Å²) < 4.78 is 19.2. The number of fused-ring (bicyclic) bond motifs is 1. The standard InChI is InChI=1S/C15H18FNO4/c1-8(15(19)20)4-14(18)17-6-10-9(2)13(21-3)5-12(16)11(10)7-17/h5,8H,4,6-7H2,1-3H3,(H,19,20)/t8-/m0/s1. The summed E-state index contributed by atoms with van der Waals surface area (Å²) in [6.07, 6.45) is -0.0822. The Bertz CT molecular complexity index is 600. The maximum absolute atomic E-state index is 14.0. The molecular formula is C15H18FNO4. The molecule has 1 amide bonds. The first-order valence-electron chi connectivity index (χ1n) is 6.70. The number of hydrogen-bond acceptors (Lipinski definition) is 3. The summed E-state index contributed by atoms with van der Waals surface area (Å²) >= 11 is 0. The first-order chi connectivity index (χ1) is 9.85. The van der Waals surface area contributed by atoms with E-state index in [-0.39, 0.29) is 18.9 Å². The van der Waals surface area contributed by atoms with Crippen molar-refractivity contribution < 1.29 is 23.8 Å². The van der Waals surface area contributed by atoms with Gasteiger partial charge in [0, 0.05) is 31.1 Å². The molecule has 1 aliphatic heterocycles. The molecule has 6 heteroatoms. The number of nitrogens with zero attached hydrogens (tertiary/aromatic N) is 1. The average Bonchev–Trinajstić information content (AvgIpc) is 2.88. The fourth-order valence-electron chi connectivity index (χ4n) is 2.52. The predicted molar refractivity (Wildman–Crippen MR) is 73.4 cm³/mol. The zero-order chi connectivity index (χ0) is 15.7. The minimum Gasteiger partial charge on any atom is -0.496 e. The van der Waals surface area contributed by atoms with E-state index in [9.17, 15) is 14.0 Å². The Morgan fingerprint density at radius 2 is 2.05 bits per heavy atom. The van der Waals surface area contributed by atoms with Crippen LogP contribution in [-0.4, -0.2) is 29.0 Å². The van der Waals surface area contributed by atoms with E-state index in [2.05, 4.69) is 0 Å². The number of aliphatic carboxylic acids is 1. The van der Waals surface area contributed by atoms with Gasteiger partial charge in [-0.05, 0) is 18.1 Å². The first kappa shape index (κ1) is 15.3. The highest BCUT2D eigenvalue weighted by molar-refractivity contribution is 5.82. The highest BCUT2D eigenvalue weighted by Crippen LogP contribution is 2.34. The molecule has 0 radical (unpaired) electrons. The van der Waals surface area contributed by atoms with Gasteiger partial charge in [-0.3, -0.25) is 9.59 Å². The van der Waals surface area contributed by atoms with Crippen molar-refractivity contribution in [3.63, 3.8) is 0 Å². The van der Waals surface area contributed by atoms with E-state index in [1.165, 1.54) is 25.0 Å². The summed E-state index contributed by atoms with van der Waals surface area (Å²) in [6.45, 7) is 3.78. The van der Waals surface area contributed by atoms with Gasteiger partial charge in [0.25, 0.3) is 0 Å². The summed E-state index contributed by atoms with van der Waals surface area (Å²) in [4.78, 5) is 24.4. The van der Waals surface area contributed by atoms with E-state index in [0.29, 0.717) is 17.9 Å². The molecule has 1 atom stereocenters. The van der Waals surface area contributed by atoms with Crippen LogP contribution in [0.5, 0.6) is 5.75 Å². The van der Waals surface area contributed by atoms with Crippen molar-refractivity contribution in [3.8, 4) is 5.75 Å². The molecule has 0 unspecified atom stereocenters. The molecule has 21 heavy (non-hydrogen) atoms. The second kappa shape index (κ2) is 5.71. The first-order valence-corrected chi connectivity index (χ1v) is 6.70. The molecule has 0 fully saturated rings. The lowest BCUT2D eigenvalue weighted by molar-refractivity contribution is -0.145. The molecule has 2 rings (SSSR count). The highest BCUT2D eigenvalue weighted by Gasteiger charge is 2.30. The minimum atomic E-state index is -1.01. The van der Waals surface area contributed by atoms with E-state index in [1.54, 1.807) is 0 Å². The van der Waals surface area contributed by atoms with E-state index < -0.39 is 17.7 Å². The molecule has 1 aromatic carbocycles. The van der Waals surface area contributed by atoms with Crippen LogP contribution in [-0.2, 0) is 22.7 Å². The Labute approximate surface area is 122 Å². The number of carboxylic acids is 1. The lowest BCUT2D eigenvalue weighted by Gasteiger charge is -2.16. The summed E-state index contributed by atoms with van der Waals surface area (Å²) in [6, 6.07) is 1.32. The summed E-state index contributed by atoms with van der Waals surface area (Å²) in [5.74, 6) is -1.97. The van der Waals surface area contributed by atoms with Gasteiger partial charge in [-0.25, -0.2) is 4.39 Å². The molecule has 0 aliphatic carbocycles. The summed E-state index contributed by atoms with van der Waals surface area (Å²) in [5, 5.41) is 8.86. The Hall–Kier alpha value is -2.11. The number of halogens is 1. The van der Waals surface area contributed by atoms with Crippen LogP contribution < -0.4 is 4.74 Å². The van der Waals surface area contributed by atoms with Crippen molar-refractivity contribution >= 4 is 11.9 Å². The molecule has 1 aromatic rings. The van der Waals surface area contributed by atoms with Gasteiger partial charge in [0.05, 0.1) is 13.0 Å². The quantitative estimate of drug-likeness (QED) is 0.923. The second-order valence-electron chi connectivity index (χ2n) is 5.34. The number of carbonyl (C=O) groups is 2. The molecule has 1 heterocycles. The van der Waals surface area contributed by atoms with Crippen LogP contribution in [0, 0.1) is 18.7 Å². The Morgan fingerprint density at radius 3 is 2.62 bits per heavy atom. The van der Waals surface area contributed by atoms with Crippen LogP contribution in [0.4, 0.5) is 4.39 Å². The fraction of sp³-hybridized carbons (Fsp3) is 0.467. The number of hydrogen-bond donors (Lipinski definition) is 1. The number of benzene rings is 1. The van der Waals surface area contributed by atoms with Crippen LogP contribution in [0.1, 0.15) is 30.0 Å².